The average molecular weight is 369 g/mol. The van der Waals surface area contributed by atoms with Crippen LogP contribution in [0.3, 0.4) is 0 Å². The number of rotatable bonds is 8. The van der Waals surface area contributed by atoms with Crippen molar-refractivity contribution in [3.63, 3.8) is 0 Å². The lowest BCUT2D eigenvalue weighted by molar-refractivity contribution is -0.129. The van der Waals surface area contributed by atoms with E-state index in [1.54, 1.807) is 5.48 Å². The van der Waals surface area contributed by atoms with Crippen molar-refractivity contribution >= 4 is 11.6 Å². The Morgan fingerprint density at radius 3 is 2.37 bits per heavy atom. The van der Waals surface area contributed by atoms with Gasteiger partial charge < -0.3 is 10.1 Å². The second kappa shape index (κ2) is 10.1. The first-order valence-corrected chi connectivity index (χ1v) is 9.41. The highest BCUT2D eigenvalue weighted by atomic mass is 16.5. The van der Waals surface area contributed by atoms with Gasteiger partial charge in [0.1, 0.15) is 0 Å². The number of hydroxylamine groups is 1. The van der Waals surface area contributed by atoms with Crippen LogP contribution in [0.2, 0.25) is 0 Å². The van der Waals surface area contributed by atoms with Gasteiger partial charge in [-0.1, -0.05) is 42.5 Å². The summed E-state index contributed by atoms with van der Waals surface area (Å²) in [7, 11) is 0. The fourth-order valence-corrected chi connectivity index (χ4v) is 3.36. The van der Waals surface area contributed by atoms with Gasteiger partial charge in [-0.2, -0.15) is 0 Å². The zero-order valence-electron chi connectivity index (χ0n) is 15.4. The van der Waals surface area contributed by atoms with E-state index in [0.717, 1.165) is 62.6 Å². The molecule has 1 heterocycles. The zero-order valence-corrected chi connectivity index (χ0v) is 15.4. The average Bonchev–Trinajstić information content (AvgIpc) is 2.74. The van der Waals surface area contributed by atoms with Gasteiger partial charge in [-0.3, -0.25) is 14.9 Å². The fourth-order valence-electron chi connectivity index (χ4n) is 3.36. The van der Waals surface area contributed by atoms with Crippen molar-refractivity contribution in [2.75, 3.05) is 44.7 Å². The van der Waals surface area contributed by atoms with Crippen LogP contribution in [0, 0.1) is 0 Å². The van der Waals surface area contributed by atoms with Crippen LogP contribution in [-0.4, -0.2) is 55.4 Å². The van der Waals surface area contributed by atoms with Gasteiger partial charge in [0.2, 0.25) is 0 Å². The highest BCUT2D eigenvalue weighted by molar-refractivity contribution is 5.86. The Morgan fingerprint density at radius 2 is 1.70 bits per heavy atom. The molecule has 0 aromatic heterocycles. The van der Waals surface area contributed by atoms with E-state index in [-0.39, 0.29) is 0 Å². The Hall–Kier alpha value is -2.41. The first kappa shape index (κ1) is 19.4. The van der Waals surface area contributed by atoms with Gasteiger partial charge in [0.05, 0.1) is 19.1 Å². The number of hydrogen-bond acceptors (Lipinski definition) is 5. The van der Waals surface area contributed by atoms with E-state index in [4.69, 9.17) is 9.94 Å². The molecule has 2 aromatic rings. The number of nitrogens with one attached hydrogen (secondary N) is 2. The van der Waals surface area contributed by atoms with Gasteiger partial charge in [0, 0.05) is 25.3 Å². The van der Waals surface area contributed by atoms with E-state index in [1.165, 1.54) is 0 Å². The van der Waals surface area contributed by atoms with Gasteiger partial charge in [-0.25, -0.2) is 5.48 Å². The molecule has 0 radical (unpaired) electrons. The maximum atomic E-state index is 12.2. The summed E-state index contributed by atoms with van der Waals surface area (Å²) in [6.07, 6.45) is 1.07. The smallest absolute Gasteiger partial charge is 0.255 e. The number of carbonyl (C=O) groups is 1. The molecule has 1 unspecified atom stereocenters. The monoisotopic (exact) mass is 369 g/mol. The summed E-state index contributed by atoms with van der Waals surface area (Å²) < 4.78 is 5.36. The fraction of sp³-hybridized carbons (Fsp3) is 0.381. The molecule has 27 heavy (non-hydrogen) atoms. The van der Waals surface area contributed by atoms with E-state index in [0.29, 0.717) is 0 Å². The minimum absolute atomic E-state index is 0.438. The largest absolute Gasteiger partial charge is 0.385 e. The number of amides is 1. The molecular formula is C21H27N3O3. The van der Waals surface area contributed by atoms with Gasteiger partial charge in [-0.15, -0.1) is 0 Å². The molecule has 2 aromatic carbocycles. The SMILES string of the molecule is O=C(NO)C(c1ccccc1)c1ccc(NCCCN2CCOCC2)cc1. The summed E-state index contributed by atoms with van der Waals surface area (Å²) in [6, 6.07) is 17.3. The molecule has 0 bridgehead atoms. The maximum absolute atomic E-state index is 12.2. The van der Waals surface area contributed by atoms with Crippen molar-refractivity contribution < 1.29 is 14.7 Å². The highest BCUT2D eigenvalue weighted by Gasteiger charge is 2.22. The summed E-state index contributed by atoms with van der Waals surface area (Å²) in [5.41, 5.74) is 4.49. The number of carbonyl (C=O) groups excluding carboxylic acids is 1. The quantitative estimate of drug-likeness (QED) is 0.379. The second-order valence-electron chi connectivity index (χ2n) is 6.68. The topological polar surface area (TPSA) is 73.8 Å². The number of hydrogen-bond donors (Lipinski definition) is 3. The van der Waals surface area contributed by atoms with Gasteiger partial charge in [0.25, 0.3) is 5.91 Å². The van der Waals surface area contributed by atoms with Crippen molar-refractivity contribution in [1.82, 2.24) is 10.4 Å². The second-order valence-corrected chi connectivity index (χ2v) is 6.68. The van der Waals surface area contributed by atoms with Gasteiger partial charge >= 0.3 is 0 Å². The summed E-state index contributed by atoms with van der Waals surface area (Å²) in [6.45, 7) is 5.67. The Labute approximate surface area is 160 Å². The van der Waals surface area contributed by atoms with E-state index in [1.807, 2.05) is 54.6 Å². The molecule has 1 aliphatic rings. The summed E-state index contributed by atoms with van der Waals surface area (Å²) in [5.74, 6) is -0.973. The highest BCUT2D eigenvalue weighted by Crippen LogP contribution is 2.26. The molecule has 1 atom stereocenters. The lowest BCUT2D eigenvalue weighted by Gasteiger charge is -2.26. The molecule has 6 nitrogen and oxygen atoms in total. The van der Waals surface area contributed by atoms with Crippen LogP contribution < -0.4 is 10.8 Å². The standard InChI is InChI=1S/C21H27N3O3/c25-21(23-26)20(17-5-2-1-3-6-17)18-7-9-19(10-8-18)22-11-4-12-24-13-15-27-16-14-24/h1-3,5-10,20,22,26H,4,11-16H2,(H,23,25). The molecule has 0 spiro atoms. The Bertz CT molecular complexity index is 700. The Morgan fingerprint density at radius 1 is 1.04 bits per heavy atom. The minimum Gasteiger partial charge on any atom is -0.385 e. The maximum Gasteiger partial charge on any atom is 0.255 e. The van der Waals surface area contributed by atoms with Crippen LogP contribution in [0.15, 0.2) is 54.6 Å². The van der Waals surface area contributed by atoms with Crippen LogP contribution in [0.25, 0.3) is 0 Å². The van der Waals surface area contributed by atoms with Gasteiger partial charge in [-0.05, 0) is 36.2 Å². The van der Waals surface area contributed by atoms with Crippen molar-refractivity contribution in [2.24, 2.45) is 0 Å². The number of benzene rings is 2. The van der Waals surface area contributed by atoms with E-state index >= 15 is 0 Å². The van der Waals surface area contributed by atoms with Crippen LogP contribution in [-0.2, 0) is 9.53 Å². The third-order valence-electron chi connectivity index (χ3n) is 4.83. The Kier molecular flexibility index (Phi) is 7.21. The normalized spacial score (nSPS) is 15.9. The number of ether oxygens (including phenoxy) is 1. The van der Waals surface area contributed by atoms with E-state index in [2.05, 4.69) is 10.2 Å². The van der Waals surface area contributed by atoms with E-state index in [9.17, 15) is 4.79 Å². The molecule has 6 heteroatoms. The predicted octanol–water partition coefficient (Wildman–Crippen LogP) is 2.46. The molecule has 3 rings (SSSR count). The molecule has 0 saturated carbocycles. The molecular weight excluding hydrogens is 342 g/mol. The summed E-state index contributed by atoms with van der Waals surface area (Å²) >= 11 is 0. The molecule has 1 fully saturated rings. The number of anilines is 1. The summed E-state index contributed by atoms with van der Waals surface area (Å²) in [4.78, 5) is 14.6. The molecule has 144 valence electrons. The van der Waals surface area contributed by atoms with Gasteiger partial charge in [0.15, 0.2) is 0 Å². The van der Waals surface area contributed by atoms with Crippen LogP contribution >= 0.6 is 0 Å². The van der Waals surface area contributed by atoms with Crippen LogP contribution in [0.4, 0.5) is 5.69 Å². The summed E-state index contributed by atoms with van der Waals surface area (Å²) in [5, 5.41) is 12.5. The predicted molar refractivity (Wildman–Crippen MR) is 105 cm³/mol. The molecule has 1 aliphatic heterocycles. The number of morpholine rings is 1. The number of nitrogens with zero attached hydrogens (tertiary/aromatic N) is 1. The van der Waals surface area contributed by atoms with Crippen molar-refractivity contribution in [3.8, 4) is 0 Å². The molecule has 3 N–H and O–H groups in total. The molecule has 1 saturated heterocycles. The first-order chi connectivity index (χ1) is 13.3. The minimum atomic E-state index is -0.536. The third-order valence-corrected chi connectivity index (χ3v) is 4.83. The third kappa shape index (κ3) is 5.53. The molecule has 0 aliphatic carbocycles. The lowest BCUT2D eigenvalue weighted by atomic mass is 9.90. The van der Waals surface area contributed by atoms with Crippen LogP contribution in [0.1, 0.15) is 23.5 Å². The van der Waals surface area contributed by atoms with E-state index < -0.39 is 11.8 Å². The van der Waals surface area contributed by atoms with Crippen molar-refractivity contribution in [3.05, 3.63) is 65.7 Å². The van der Waals surface area contributed by atoms with Crippen LogP contribution in [0.5, 0.6) is 0 Å². The Balaban J connectivity index is 1.55. The molecule has 1 amide bonds. The van der Waals surface area contributed by atoms with Crippen molar-refractivity contribution in [2.45, 2.75) is 12.3 Å². The zero-order chi connectivity index (χ0) is 18.9. The lowest BCUT2D eigenvalue weighted by Crippen LogP contribution is -2.37. The first-order valence-electron chi connectivity index (χ1n) is 9.41. The van der Waals surface area contributed by atoms with Crippen molar-refractivity contribution in [1.29, 1.82) is 0 Å².